The topological polar surface area (TPSA) is 78.4 Å². The molecular formula is C12H18N4O2. The number of carbonyl (C=O) groups is 1. The van der Waals surface area contributed by atoms with Crippen molar-refractivity contribution in [1.82, 2.24) is 9.97 Å². The maximum absolute atomic E-state index is 10.8. The SMILES string of the molecule is CCNc1cc(N2CCCC2CC(=O)O)ncn1. The Bertz CT molecular complexity index is 424. The molecule has 6 heteroatoms. The number of rotatable bonds is 5. The first-order valence-electron chi connectivity index (χ1n) is 6.25. The summed E-state index contributed by atoms with van der Waals surface area (Å²) in [4.78, 5) is 21.3. The lowest BCUT2D eigenvalue weighted by Crippen LogP contribution is -2.32. The Kier molecular flexibility index (Phi) is 3.96. The summed E-state index contributed by atoms with van der Waals surface area (Å²) in [6.45, 7) is 3.67. The largest absolute Gasteiger partial charge is 0.481 e. The summed E-state index contributed by atoms with van der Waals surface area (Å²) in [5, 5.41) is 12.0. The van der Waals surface area contributed by atoms with E-state index in [-0.39, 0.29) is 12.5 Å². The lowest BCUT2D eigenvalue weighted by Gasteiger charge is -2.24. The molecule has 1 aromatic rings. The molecule has 0 aliphatic carbocycles. The van der Waals surface area contributed by atoms with Gasteiger partial charge in [-0.2, -0.15) is 0 Å². The van der Waals surface area contributed by atoms with Crippen LogP contribution in [0.15, 0.2) is 12.4 Å². The number of carboxylic acid groups (broad SMARTS) is 1. The molecule has 1 saturated heterocycles. The fourth-order valence-corrected chi connectivity index (χ4v) is 2.33. The van der Waals surface area contributed by atoms with Crippen LogP contribution in [0.4, 0.5) is 11.6 Å². The highest BCUT2D eigenvalue weighted by Crippen LogP contribution is 2.26. The third-order valence-corrected chi connectivity index (χ3v) is 3.09. The monoisotopic (exact) mass is 250 g/mol. The van der Waals surface area contributed by atoms with Gasteiger partial charge in [-0.05, 0) is 19.8 Å². The average molecular weight is 250 g/mol. The van der Waals surface area contributed by atoms with Gasteiger partial charge in [-0.3, -0.25) is 4.79 Å². The number of aromatic nitrogens is 2. The highest BCUT2D eigenvalue weighted by Gasteiger charge is 2.27. The second-order valence-electron chi connectivity index (χ2n) is 4.38. The zero-order chi connectivity index (χ0) is 13.0. The van der Waals surface area contributed by atoms with E-state index < -0.39 is 5.97 Å². The average Bonchev–Trinajstić information content (AvgIpc) is 2.77. The molecule has 2 rings (SSSR count). The first-order chi connectivity index (χ1) is 8.70. The number of carboxylic acids is 1. The summed E-state index contributed by atoms with van der Waals surface area (Å²) >= 11 is 0. The maximum atomic E-state index is 10.8. The second-order valence-corrected chi connectivity index (χ2v) is 4.38. The first-order valence-corrected chi connectivity index (χ1v) is 6.25. The van der Waals surface area contributed by atoms with E-state index in [0.717, 1.165) is 37.6 Å². The molecule has 1 aromatic heterocycles. The molecule has 0 aromatic carbocycles. The van der Waals surface area contributed by atoms with Gasteiger partial charge in [0.15, 0.2) is 0 Å². The summed E-state index contributed by atoms with van der Waals surface area (Å²) in [6.07, 6.45) is 3.61. The van der Waals surface area contributed by atoms with Crippen LogP contribution in [0, 0.1) is 0 Å². The Morgan fingerprint density at radius 2 is 2.44 bits per heavy atom. The number of nitrogens with one attached hydrogen (secondary N) is 1. The molecule has 1 aliphatic heterocycles. The van der Waals surface area contributed by atoms with Gasteiger partial charge in [-0.15, -0.1) is 0 Å². The summed E-state index contributed by atoms with van der Waals surface area (Å²) in [6, 6.07) is 1.93. The van der Waals surface area contributed by atoms with E-state index in [1.54, 1.807) is 0 Å². The smallest absolute Gasteiger partial charge is 0.305 e. The minimum Gasteiger partial charge on any atom is -0.481 e. The minimum atomic E-state index is -0.757. The van der Waals surface area contributed by atoms with E-state index in [1.165, 1.54) is 6.33 Å². The fraction of sp³-hybridized carbons (Fsp3) is 0.583. The molecule has 1 atom stereocenters. The van der Waals surface area contributed by atoms with Gasteiger partial charge in [-0.1, -0.05) is 0 Å². The second kappa shape index (κ2) is 5.66. The highest BCUT2D eigenvalue weighted by atomic mass is 16.4. The van der Waals surface area contributed by atoms with Crippen molar-refractivity contribution < 1.29 is 9.90 Å². The zero-order valence-corrected chi connectivity index (χ0v) is 10.5. The van der Waals surface area contributed by atoms with Crippen LogP contribution in [0.1, 0.15) is 26.2 Å². The van der Waals surface area contributed by atoms with E-state index in [9.17, 15) is 4.79 Å². The summed E-state index contributed by atoms with van der Waals surface area (Å²) in [7, 11) is 0. The van der Waals surface area contributed by atoms with Crippen molar-refractivity contribution in [2.75, 3.05) is 23.3 Å². The number of hydrogen-bond donors (Lipinski definition) is 2. The predicted octanol–water partition coefficient (Wildman–Crippen LogP) is 1.35. The molecule has 6 nitrogen and oxygen atoms in total. The van der Waals surface area contributed by atoms with Gasteiger partial charge in [0, 0.05) is 25.2 Å². The summed E-state index contributed by atoms with van der Waals surface area (Å²) in [5.41, 5.74) is 0. The number of aliphatic carboxylic acids is 1. The van der Waals surface area contributed by atoms with Crippen LogP contribution in [0.25, 0.3) is 0 Å². The molecule has 0 bridgehead atoms. The van der Waals surface area contributed by atoms with Gasteiger partial charge in [0.05, 0.1) is 6.42 Å². The quantitative estimate of drug-likeness (QED) is 0.821. The van der Waals surface area contributed by atoms with Crippen LogP contribution in [0.5, 0.6) is 0 Å². The van der Waals surface area contributed by atoms with E-state index >= 15 is 0 Å². The van der Waals surface area contributed by atoms with Crippen molar-refractivity contribution >= 4 is 17.6 Å². The van der Waals surface area contributed by atoms with Crippen LogP contribution in [-0.2, 0) is 4.79 Å². The summed E-state index contributed by atoms with van der Waals surface area (Å²) in [5.74, 6) is 0.834. The lowest BCUT2D eigenvalue weighted by molar-refractivity contribution is -0.137. The van der Waals surface area contributed by atoms with Gasteiger partial charge in [0.25, 0.3) is 0 Å². The van der Waals surface area contributed by atoms with E-state index in [1.807, 2.05) is 13.0 Å². The van der Waals surface area contributed by atoms with Gasteiger partial charge in [-0.25, -0.2) is 9.97 Å². The van der Waals surface area contributed by atoms with Crippen molar-refractivity contribution in [2.45, 2.75) is 32.2 Å². The molecule has 0 spiro atoms. The molecular weight excluding hydrogens is 232 g/mol. The molecule has 0 radical (unpaired) electrons. The molecule has 1 unspecified atom stereocenters. The van der Waals surface area contributed by atoms with Crippen LogP contribution in [0.2, 0.25) is 0 Å². The molecule has 98 valence electrons. The normalized spacial score (nSPS) is 18.9. The lowest BCUT2D eigenvalue weighted by atomic mass is 10.1. The van der Waals surface area contributed by atoms with Crippen molar-refractivity contribution in [3.8, 4) is 0 Å². The standard InChI is InChI=1S/C12H18N4O2/c1-2-13-10-7-11(15-8-14-10)16-5-3-4-9(16)6-12(17)18/h7-9H,2-6H2,1H3,(H,17,18)(H,13,14,15). The molecule has 1 aliphatic rings. The first kappa shape index (κ1) is 12.6. The Balaban J connectivity index is 2.13. The van der Waals surface area contributed by atoms with Gasteiger partial charge in [0.1, 0.15) is 18.0 Å². The van der Waals surface area contributed by atoms with Crippen molar-refractivity contribution in [2.24, 2.45) is 0 Å². The Morgan fingerprint density at radius 1 is 1.61 bits per heavy atom. The van der Waals surface area contributed by atoms with E-state index in [4.69, 9.17) is 5.11 Å². The molecule has 18 heavy (non-hydrogen) atoms. The molecule has 1 fully saturated rings. The fourth-order valence-electron chi connectivity index (χ4n) is 2.33. The maximum Gasteiger partial charge on any atom is 0.305 e. The van der Waals surface area contributed by atoms with Crippen LogP contribution in [0.3, 0.4) is 0 Å². The minimum absolute atomic E-state index is 0.0480. The Labute approximate surface area is 106 Å². The third-order valence-electron chi connectivity index (χ3n) is 3.09. The molecule has 0 saturated carbocycles. The van der Waals surface area contributed by atoms with Gasteiger partial charge >= 0.3 is 5.97 Å². The van der Waals surface area contributed by atoms with Crippen LogP contribution in [-0.4, -0.2) is 40.2 Å². The Hall–Kier alpha value is -1.85. The van der Waals surface area contributed by atoms with Crippen LogP contribution >= 0.6 is 0 Å². The van der Waals surface area contributed by atoms with Crippen LogP contribution < -0.4 is 10.2 Å². The van der Waals surface area contributed by atoms with E-state index in [0.29, 0.717) is 0 Å². The van der Waals surface area contributed by atoms with Crippen molar-refractivity contribution in [1.29, 1.82) is 0 Å². The molecule has 2 heterocycles. The summed E-state index contributed by atoms with van der Waals surface area (Å²) < 4.78 is 0. The van der Waals surface area contributed by atoms with Crippen molar-refractivity contribution in [3.05, 3.63) is 12.4 Å². The van der Waals surface area contributed by atoms with Crippen molar-refractivity contribution in [3.63, 3.8) is 0 Å². The van der Waals surface area contributed by atoms with Gasteiger partial charge < -0.3 is 15.3 Å². The Morgan fingerprint density at radius 3 is 3.17 bits per heavy atom. The predicted molar refractivity (Wildman–Crippen MR) is 68.8 cm³/mol. The van der Waals surface area contributed by atoms with E-state index in [2.05, 4.69) is 20.2 Å². The third kappa shape index (κ3) is 2.88. The van der Waals surface area contributed by atoms with Gasteiger partial charge in [0.2, 0.25) is 0 Å². The number of nitrogens with zero attached hydrogens (tertiary/aromatic N) is 3. The number of anilines is 2. The number of hydrogen-bond acceptors (Lipinski definition) is 5. The molecule has 2 N–H and O–H groups in total. The highest BCUT2D eigenvalue weighted by molar-refractivity contribution is 5.68. The molecule has 0 amide bonds. The zero-order valence-electron chi connectivity index (χ0n) is 10.5.